The molecule has 0 radical (unpaired) electrons. The lowest BCUT2D eigenvalue weighted by atomic mass is 9.91. The van der Waals surface area contributed by atoms with E-state index in [1.54, 1.807) is 0 Å². The Balaban J connectivity index is 1.79. The molecule has 0 unspecified atom stereocenters. The lowest BCUT2D eigenvalue weighted by molar-refractivity contribution is -0.157. The van der Waals surface area contributed by atoms with Gasteiger partial charge in [0.05, 0.1) is 6.42 Å². The fourth-order valence-corrected chi connectivity index (χ4v) is 4.94. The maximum Gasteiger partial charge on any atom is 0.325 e. The maximum atomic E-state index is 13.8. The molecule has 0 saturated carbocycles. The highest BCUT2D eigenvalue weighted by Gasteiger charge is 2.37. The SMILES string of the molecule is CCCC[C@H](C)[C@H](CC(=O)N1Cc2ccccc2C[C@@H]1C(=O)N[C@@H](C)C(=O)O)OC(=O)[C@H](N)Cc1ccccc1. The molecule has 4 N–H and O–H groups in total. The van der Waals surface area contributed by atoms with Gasteiger partial charge in [0, 0.05) is 13.0 Å². The van der Waals surface area contributed by atoms with E-state index in [4.69, 9.17) is 10.5 Å². The minimum Gasteiger partial charge on any atom is -0.480 e. The van der Waals surface area contributed by atoms with Crippen molar-refractivity contribution in [3.8, 4) is 0 Å². The number of carboxylic acids is 1. The summed E-state index contributed by atoms with van der Waals surface area (Å²) in [6, 6.07) is 14.1. The van der Waals surface area contributed by atoms with Crippen molar-refractivity contribution in [2.75, 3.05) is 0 Å². The minimum atomic E-state index is -1.16. The number of nitrogens with one attached hydrogen (secondary N) is 1. The Bertz CT molecular complexity index is 1170. The maximum absolute atomic E-state index is 13.8. The molecular formula is C31H41N3O6. The molecule has 1 aliphatic heterocycles. The Hall–Kier alpha value is -3.72. The molecule has 9 nitrogen and oxygen atoms in total. The average molecular weight is 552 g/mol. The van der Waals surface area contributed by atoms with Crippen LogP contribution in [0.5, 0.6) is 0 Å². The van der Waals surface area contributed by atoms with E-state index in [9.17, 15) is 24.3 Å². The predicted octanol–water partition coefficient (Wildman–Crippen LogP) is 3.23. The molecule has 216 valence electrons. The fraction of sp³-hybridized carbons (Fsp3) is 0.484. The van der Waals surface area contributed by atoms with Crippen molar-refractivity contribution in [2.45, 2.75) is 90.1 Å². The first kappa shape index (κ1) is 30.8. The van der Waals surface area contributed by atoms with Gasteiger partial charge in [-0.25, -0.2) is 0 Å². The summed E-state index contributed by atoms with van der Waals surface area (Å²) in [6.45, 7) is 5.60. The normalized spacial score (nSPS) is 17.6. The van der Waals surface area contributed by atoms with E-state index < -0.39 is 42.1 Å². The van der Waals surface area contributed by atoms with Crippen molar-refractivity contribution in [2.24, 2.45) is 11.7 Å². The number of aliphatic carboxylic acids is 1. The second kappa shape index (κ2) is 14.6. The van der Waals surface area contributed by atoms with Gasteiger partial charge in [-0.15, -0.1) is 0 Å². The lowest BCUT2D eigenvalue weighted by Crippen LogP contribution is -2.55. The largest absolute Gasteiger partial charge is 0.480 e. The molecular weight excluding hydrogens is 510 g/mol. The zero-order chi connectivity index (χ0) is 29.2. The zero-order valence-corrected chi connectivity index (χ0v) is 23.5. The molecule has 0 spiro atoms. The minimum absolute atomic E-state index is 0.102. The number of carbonyl (C=O) groups is 4. The third-order valence-corrected chi connectivity index (χ3v) is 7.49. The topological polar surface area (TPSA) is 139 Å². The van der Waals surface area contributed by atoms with Gasteiger partial charge in [0.1, 0.15) is 24.2 Å². The Labute approximate surface area is 236 Å². The van der Waals surface area contributed by atoms with Crippen molar-refractivity contribution in [3.05, 3.63) is 71.3 Å². The third-order valence-electron chi connectivity index (χ3n) is 7.49. The number of nitrogens with two attached hydrogens (primary N) is 1. The first-order valence-corrected chi connectivity index (χ1v) is 14.0. The summed E-state index contributed by atoms with van der Waals surface area (Å²) >= 11 is 0. The van der Waals surface area contributed by atoms with Crippen LogP contribution in [0.1, 0.15) is 63.1 Å². The molecule has 9 heteroatoms. The van der Waals surface area contributed by atoms with Crippen LogP contribution in [0.15, 0.2) is 54.6 Å². The van der Waals surface area contributed by atoms with E-state index in [0.29, 0.717) is 6.42 Å². The summed E-state index contributed by atoms with van der Waals surface area (Å²) in [5.41, 5.74) is 8.95. The molecule has 0 bridgehead atoms. The molecule has 0 saturated heterocycles. The van der Waals surface area contributed by atoms with Crippen molar-refractivity contribution in [3.63, 3.8) is 0 Å². The summed E-state index contributed by atoms with van der Waals surface area (Å²) < 4.78 is 5.88. The van der Waals surface area contributed by atoms with Crippen molar-refractivity contribution in [1.29, 1.82) is 0 Å². The number of benzene rings is 2. The van der Waals surface area contributed by atoms with Gasteiger partial charge in [0.25, 0.3) is 0 Å². The standard InChI is InChI=1S/C31H41N3O6/c1-4-5-11-20(2)27(40-31(39)25(32)16-22-12-7-6-8-13-22)18-28(35)34-19-24-15-10-9-14-23(24)17-26(34)29(36)33-21(3)30(37)38/h6-10,12-15,20-21,25-27H,4-5,11,16-19,32H2,1-3H3,(H,33,36)(H,37,38)/t20-,21-,25+,26+,27-/m0/s1. The summed E-state index contributed by atoms with van der Waals surface area (Å²) in [6.07, 6.45) is 2.39. The van der Waals surface area contributed by atoms with E-state index in [1.807, 2.05) is 61.5 Å². The number of ether oxygens (including phenoxy) is 1. The Morgan fingerprint density at radius 2 is 1.70 bits per heavy atom. The van der Waals surface area contributed by atoms with Gasteiger partial charge in [0.2, 0.25) is 11.8 Å². The van der Waals surface area contributed by atoms with E-state index >= 15 is 0 Å². The Morgan fingerprint density at radius 3 is 2.35 bits per heavy atom. The second-order valence-corrected chi connectivity index (χ2v) is 10.7. The molecule has 2 aromatic rings. The smallest absolute Gasteiger partial charge is 0.325 e. The van der Waals surface area contributed by atoms with Gasteiger partial charge in [-0.3, -0.25) is 19.2 Å². The lowest BCUT2D eigenvalue weighted by Gasteiger charge is -2.37. The summed E-state index contributed by atoms with van der Waals surface area (Å²) in [5.74, 6) is -2.71. The van der Waals surface area contributed by atoms with Crippen LogP contribution in [-0.4, -0.2) is 58.0 Å². The van der Waals surface area contributed by atoms with Crippen molar-refractivity contribution < 1.29 is 29.0 Å². The van der Waals surface area contributed by atoms with Gasteiger partial charge in [0.15, 0.2) is 0 Å². The van der Waals surface area contributed by atoms with E-state index in [2.05, 4.69) is 12.2 Å². The first-order chi connectivity index (χ1) is 19.1. The van der Waals surface area contributed by atoms with Crippen LogP contribution in [-0.2, 0) is 43.3 Å². The summed E-state index contributed by atoms with van der Waals surface area (Å²) in [5, 5.41) is 11.8. The number of carboxylic acid groups (broad SMARTS) is 1. The number of rotatable bonds is 13. The number of fused-ring (bicyclic) bond motifs is 1. The van der Waals surface area contributed by atoms with Gasteiger partial charge >= 0.3 is 11.9 Å². The molecule has 2 amide bonds. The fourth-order valence-electron chi connectivity index (χ4n) is 4.94. The van der Waals surface area contributed by atoms with E-state index in [1.165, 1.54) is 11.8 Å². The molecule has 0 aliphatic carbocycles. The van der Waals surface area contributed by atoms with Gasteiger partial charge in [-0.2, -0.15) is 0 Å². The highest BCUT2D eigenvalue weighted by molar-refractivity contribution is 5.91. The molecule has 40 heavy (non-hydrogen) atoms. The average Bonchev–Trinajstić information content (AvgIpc) is 2.94. The van der Waals surface area contributed by atoms with Crippen LogP contribution in [0.2, 0.25) is 0 Å². The van der Waals surface area contributed by atoms with Crippen LogP contribution >= 0.6 is 0 Å². The molecule has 1 heterocycles. The molecule has 5 atom stereocenters. The third kappa shape index (κ3) is 8.39. The zero-order valence-electron chi connectivity index (χ0n) is 23.5. The monoisotopic (exact) mass is 551 g/mol. The van der Waals surface area contributed by atoms with Crippen molar-refractivity contribution >= 4 is 23.8 Å². The number of unbranched alkanes of at least 4 members (excludes halogenated alkanes) is 1. The molecule has 1 aliphatic rings. The second-order valence-electron chi connectivity index (χ2n) is 10.7. The number of carbonyl (C=O) groups excluding carboxylic acids is 3. The quantitative estimate of drug-likeness (QED) is 0.325. The van der Waals surface area contributed by atoms with E-state index in [-0.39, 0.29) is 31.2 Å². The van der Waals surface area contributed by atoms with Crippen LogP contribution in [0.3, 0.4) is 0 Å². The summed E-state index contributed by atoms with van der Waals surface area (Å²) in [7, 11) is 0. The first-order valence-electron chi connectivity index (χ1n) is 14.0. The van der Waals surface area contributed by atoms with Gasteiger partial charge in [-0.05, 0) is 42.4 Å². The molecule has 3 rings (SSSR count). The number of amides is 2. The van der Waals surface area contributed by atoms with Gasteiger partial charge in [-0.1, -0.05) is 81.3 Å². The van der Waals surface area contributed by atoms with Crippen LogP contribution in [0.4, 0.5) is 0 Å². The molecule has 0 fully saturated rings. The van der Waals surface area contributed by atoms with Crippen LogP contribution in [0, 0.1) is 5.92 Å². The predicted molar refractivity (Wildman–Crippen MR) is 151 cm³/mol. The highest BCUT2D eigenvalue weighted by Crippen LogP contribution is 2.27. The van der Waals surface area contributed by atoms with Crippen molar-refractivity contribution in [1.82, 2.24) is 10.2 Å². The summed E-state index contributed by atoms with van der Waals surface area (Å²) in [4.78, 5) is 52.8. The van der Waals surface area contributed by atoms with Crippen LogP contribution in [0.25, 0.3) is 0 Å². The number of esters is 1. The highest BCUT2D eigenvalue weighted by atomic mass is 16.5. The number of hydrogen-bond donors (Lipinski definition) is 3. The molecule has 2 aromatic carbocycles. The molecule has 0 aromatic heterocycles. The number of nitrogens with zero attached hydrogens (tertiary/aromatic N) is 1. The van der Waals surface area contributed by atoms with Gasteiger partial charge < -0.3 is 25.8 Å². The number of hydrogen-bond acceptors (Lipinski definition) is 6. The van der Waals surface area contributed by atoms with Crippen LogP contribution < -0.4 is 11.1 Å². The Morgan fingerprint density at radius 1 is 1.05 bits per heavy atom. The van der Waals surface area contributed by atoms with E-state index in [0.717, 1.165) is 36.0 Å². The Kier molecular flexibility index (Phi) is 11.3.